The Bertz CT molecular complexity index is 2630. The summed E-state index contributed by atoms with van der Waals surface area (Å²) in [5.74, 6) is 5.53. The van der Waals surface area contributed by atoms with Crippen LogP contribution in [0.5, 0.6) is 0 Å². The molecule has 5 amide bonds. The van der Waals surface area contributed by atoms with Gasteiger partial charge in [0.2, 0.25) is 17.7 Å². The number of nitrogens with one attached hydrogen (secondary N) is 1. The monoisotopic (exact) mass is 878 g/mol. The van der Waals surface area contributed by atoms with Crippen LogP contribution in [-0.2, 0) is 20.9 Å². The first-order valence-electron chi connectivity index (χ1n) is 22.4. The van der Waals surface area contributed by atoms with Gasteiger partial charge in [-0.2, -0.15) is 10.4 Å². The second kappa shape index (κ2) is 18.1. The number of likely N-dealkylation sites (tertiary alicyclic amines) is 1. The van der Waals surface area contributed by atoms with Crippen molar-refractivity contribution < 1.29 is 24.0 Å². The van der Waals surface area contributed by atoms with E-state index >= 15 is 0 Å². The second-order valence-electron chi connectivity index (χ2n) is 17.8. The van der Waals surface area contributed by atoms with Gasteiger partial charge < -0.3 is 9.80 Å². The van der Waals surface area contributed by atoms with E-state index < -0.39 is 29.7 Å². The first-order chi connectivity index (χ1) is 30.9. The van der Waals surface area contributed by atoms with Crippen LogP contribution >= 0.6 is 11.6 Å². The molecule has 9 rings (SSSR count). The molecule has 1 aromatic heterocycles. The number of halogens is 1. The number of aromatic nitrogens is 2. The van der Waals surface area contributed by atoms with Crippen LogP contribution in [0.4, 0.5) is 5.69 Å². The molecule has 3 aromatic carbocycles. The van der Waals surface area contributed by atoms with Crippen molar-refractivity contribution in [2.75, 3.05) is 44.2 Å². The van der Waals surface area contributed by atoms with Crippen LogP contribution in [0.2, 0.25) is 5.02 Å². The Balaban J connectivity index is 0.709. The molecule has 328 valence electrons. The molecule has 1 aliphatic carbocycles. The highest BCUT2D eigenvalue weighted by Crippen LogP contribution is 2.34. The highest BCUT2D eigenvalue weighted by atomic mass is 35.5. The van der Waals surface area contributed by atoms with Crippen molar-refractivity contribution in [2.45, 2.75) is 83.8 Å². The minimum Gasteiger partial charge on any atom is -0.369 e. The number of fused-ring (bicyclic) bond motifs is 1. The molecule has 1 N–H and O–H groups in total. The van der Waals surface area contributed by atoms with Crippen molar-refractivity contribution in [1.82, 2.24) is 29.8 Å². The molecule has 5 aliphatic rings. The molecule has 4 aliphatic heterocycles. The lowest BCUT2D eigenvalue weighted by Crippen LogP contribution is -2.54. The molecule has 0 radical (unpaired) electrons. The first kappa shape index (κ1) is 43.0. The summed E-state index contributed by atoms with van der Waals surface area (Å²) in [6, 6.07) is 20.6. The number of imide groups is 2. The highest BCUT2D eigenvalue weighted by Gasteiger charge is 2.45. The van der Waals surface area contributed by atoms with E-state index in [4.69, 9.17) is 16.7 Å². The number of hydrogen-bond acceptors (Lipinski definition) is 9. The normalized spacial score (nSPS) is 21.9. The molecule has 5 heterocycles. The quantitative estimate of drug-likeness (QED) is 0.171. The summed E-state index contributed by atoms with van der Waals surface area (Å²) in [6.07, 6.45) is 5.72. The second-order valence-corrected chi connectivity index (χ2v) is 18.2. The zero-order valence-corrected chi connectivity index (χ0v) is 37.0. The minimum absolute atomic E-state index is 0.0619. The SMILES string of the molecule is Cc1c(-c2ccc(C#N)c(Cl)c2)nn(Cc2ccc(C#CC3CCC(C(=O)N4CCC(N5CCN(c6ccc7c(c6)C(=O)N(C6CCC(=O)NC6=O)C7=O)CC5)CC4)CC3)cc2)c1C. The summed E-state index contributed by atoms with van der Waals surface area (Å²) in [7, 11) is 0. The van der Waals surface area contributed by atoms with Gasteiger partial charge in [0.05, 0.1) is 34.0 Å². The van der Waals surface area contributed by atoms with Gasteiger partial charge in [-0.1, -0.05) is 41.6 Å². The standard InChI is InChI=1S/C50H51ClN8O5/c1-31-32(2)58(54-46(31)37-13-14-38(29-52)43(51)27-37)30-35-7-5-33(6-8-35)3-4-34-9-11-36(12-10-34)48(62)57-21-19-39(20-22-57)55-23-25-56(26-24-55)40-15-16-41-42(28-40)50(64)59(49(41)63)44-17-18-45(60)53-47(44)61/h5-8,13-16,27-28,34,36,39,44H,9-12,17-26,30H2,1-2H3,(H,53,60,61). The van der Waals surface area contributed by atoms with Crippen LogP contribution in [0.15, 0.2) is 60.7 Å². The number of rotatable bonds is 7. The van der Waals surface area contributed by atoms with E-state index in [0.29, 0.717) is 34.6 Å². The molecule has 4 fully saturated rings. The Kier molecular flexibility index (Phi) is 12.1. The van der Waals surface area contributed by atoms with Gasteiger partial charge >= 0.3 is 0 Å². The maximum Gasteiger partial charge on any atom is 0.262 e. The molecule has 4 aromatic rings. The molecule has 0 spiro atoms. The number of carbonyl (C=O) groups is 5. The van der Waals surface area contributed by atoms with Gasteiger partial charge in [0.1, 0.15) is 12.1 Å². The van der Waals surface area contributed by atoms with Crippen LogP contribution < -0.4 is 10.2 Å². The molecule has 1 unspecified atom stereocenters. The number of nitriles is 1. The third-order valence-electron chi connectivity index (χ3n) is 14.0. The fourth-order valence-corrected chi connectivity index (χ4v) is 10.3. The average molecular weight is 879 g/mol. The predicted molar refractivity (Wildman–Crippen MR) is 241 cm³/mol. The Labute approximate surface area is 378 Å². The average Bonchev–Trinajstić information content (AvgIpc) is 3.74. The number of anilines is 1. The summed E-state index contributed by atoms with van der Waals surface area (Å²) in [6.45, 7) is 9.58. The van der Waals surface area contributed by atoms with Gasteiger partial charge in [-0.3, -0.25) is 43.8 Å². The van der Waals surface area contributed by atoms with E-state index in [1.165, 1.54) is 0 Å². The van der Waals surface area contributed by atoms with Crippen LogP contribution in [0, 0.1) is 48.9 Å². The first-order valence-corrected chi connectivity index (χ1v) is 22.8. The Morgan fingerprint density at radius 3 is 2.23 bits per heavy atom. The molecular weight excluding hydrogens is 828 g/mol. The molecule has 1 saturated carbocycles. The van der Waals surface area contributed by atoms with Crippen LogP contribution in [0.3, 0.4) is 0 Å². The van der Waals surface area contributed by atoms with Crippen molar-refractivity contribution >= 4 is 46.8 Å². The van der Waals surface area contributed by atoms with Gasteiger partial charge in [-0.15, -0.1) is 0 Å². The molecule has 14 heteroatoms. The largest absolute Gasteiger partial charge is 0.369 e. The van der Waals surface area contributed by atoms with E-state index in [9.17, 15) is 29.2 Å². The lowest BCUT2D eigenvalue weighted by molar-refractivity contribution is -0.138. The lowest BCUT2D eigenvalue weighted by Gasteiger charge is -2.44. The summed E-state index contributed by atoms with van der Waals surface area (Å²) in [4.78, 5) is 72.2. The molecule has 64 heavy (non-hydrogen) atoms. The van der Waals surface area contributed by atoms with Crippen molar-refractivity contribution in [3.63, 3.8) is 0 Å². The van der Waals surface area contributed by atoms with E-state index in [1.54, 1.807) is 24.3 Å². The van der Waals surface area contributed by atoms with E-state index in [-0.39, 0.29) is 30.2 Å². The molecular formula is C50H51ClN8O5. The molecule has 3 saturated heterocycles. The van der Waals surface area contributed by atoms with E-state index in [1.807, 2.05) is 16.8 Å². The number of nitrogens with zero attached hydrogens (tertiary/aromatic N) is 7. The van der Waals surface area contributed by atoms with Crippen LogP contribution in [0.1, 0.15) is 100 Å². The predicted octanol–water partition coefficient (Wildman–Crippen LogP) is 6.11. The third-order valence-corrected chi connectivity index (χ3v) is 14.4. The minimum atomic E-state index is -0.980. The summed E-state index contributed by atoms with van der Waals surface area (Å²) >= 11 is 6.31. The van der Waals surface area contributed by atoms with E-state index in [2.05, 4.69) is 76.0 Å². The number of carbonyl (C=O) groups excluding carboxylic acids is 5. The van der Waals surface area contributed by atoms with Crippen molar-refractivity contribution in [1.29, 1.82) is 5.26 Å². The molecule has 1 atom stereocenters. The third kappa shape index (κ3) is 8.55. The van der Waals surface area contributed by atoms with Gasteiger partial charge in [0, 0.05) is 86.1 Å². The zero-order chi connectivity index (χ0) is 44.6. The number of hydrogen-bond donors (Lipinski definition) is 1. The maximum atomic E-state index is 13.7. The van der Waals surface area contributed by atoms with Gasteiger partial charge in [-0.05, 0) is 112 Å². The van der Waals surface area contributed by atoms with Gasteiger partial charge in [-0.25, -0.2) is 0 Å². The summed E-state index contributed by atoms with van der Waals surface area (Å²) in [5.41, 5.74) is 7.90. The number of piperazine rings is 1. The lowest BCUT2D eigenvalue weighted by atomic mass is 9.81. The van der Waals surface area contributed by atoms with Crippen molar-refractivity contribution in [3.8, 4) is 29.2 Å². The fourth-order valence-electron chi connectivity index (χ4n) is 10.1. The summed E-state index contributed by atoms with van der Waals surface area (Å²) < 4.78 is 2.00. The topological polar surface area (TPSA) is 152 Å². The van der Waals surface area contributed by atoms with E-state index in [0.717, 1.165) is 122 Å². The van der Waals surface area contributed by atoms with Gasteiger partial charge in [0.25, 0.3) is 11.8 Å². The van der Waals surface area contributed by atoms with Crippen LogP contribution in [0.25, 0.3) is 11.3 Å². The number of piperidine rings is 2. The van der Waals surface area contributed by atoms with Crippen LogP contribution in [-0.4, -0.2) is 105 Å². The Morgan fingerprint density at radius 2 is 1.55 bits per heavy atom. The van der Waals surface area contributed by atoms with Gasteiger partial charge in [0.15, 0.2) is 0 Å². The summed E-state index contributed by atoms with van der Waals surface area (Å²) in [5, 5.41) is 16.8. The van der Waals surface area contributed by atoms with Crippen molar-refractivity contribution in [2.24, 2.45) is 11.8 Å². The number of benzene rings is 3. The van der Waals surface area contributed by atoms with Crippen molar-refractivity contribution in [3.05, 3.63) is 105 Å². The fraction of sp³-hybridized carbons (Fsp3) is 0.420. The Morgan fingerprint density at radius 1 is 0.828 bits per heavy atom. The smallest absolute Gasteiger partial charge is 0.262 e. The Hall–Kier alpha value is -6.28. The highest BCUT2D eigenvalue weighted by molar-refractivity contribution is 6.32. The maximum absolute atomic E-state index is 13.7. The molecule has 13 nitrogen and oxygen atoms in total. The zero-order valence-electron chi connectivity index (χ0n) is 36.2. The number of amides is 5. The molecule has 0 bridgehead atoms.